The van der Waals surface area contributed by atoms with Gasteiger partial charge in [-0.1, -0.05) is 30.3 Å². The Morgan fingerprint density at radius 3 is 1.90 bits per heavy atom. The number of aryl methyl sites for hydroxylation is 2. The number of aliphatic hydroxyl groups excluding tert-OH is 1. The summed E-state index contributed by atoms with van der Waals surface area (Å²) >= 11 is 0. The molecule has 1 aliphatic rings. The first-order valence-corrected chi connectivity index (χ1v) is 14.2. The fraction of sp³-hybridized carbons (Fsp3) is 0.400. The molecule has 2 unspecified atom stereocenters. The summed E-state index contributed by atoms with van der Waals surface area (Å²) in [6.45, 7) is 14.6. The number of carbonyl (C=O) groups excluding carboxylic acids is 3. The van der Waals surface area contributed by atoms with Gasteiger partial charge in [0.1, 0.15) is 12.4 Å². The number of carbonyl (C=O) groups is 3. The monoisotopic (exact) mass is 572 g/mol. The number of hydrogen-bond donors (Lipinski definition) is 1. The molecule has 0 aliphatic heterocycles. The molecule has 3 aromatic rings. The highest BCUT2D eigenvalue weighted by molar-refractivity contribution is 6.03. The Morgan fingerprint density at radius 1 is 0.857 bits per heavy atom. The van der Waals surface area contributed by atoms with E-state index in [0.717, 1.165) is 22.4 Å². The molecule has 1 N–H and O–H groups in total. The molecule has 3 aromatic carbocycles. The van der Waals surface area contributed by atoms with Gasteiger partial charge in [0.2, 0.25) is 0 Å². The molecule has 0 bridgehead atoms. The minimum Gasteiger partial charge on any atom is -0.488 e. The van der Waals surface area contributed by atoms with Crippen LogP contribution in [-0.4, -0.2) is 22.8 Å². The van der Waals surface area contributed by atoms with Gasteiger partial charge < -0.3 is 19.3 Å². The van der Waals surface area contributed by atoms with Crippen molar-refractivity contribution < 1.29 is 33.7 Å². The van der Waals surface area contributed by atoms with Gasteiger partial charge in [-0.3, -0.25) is 14.4 Å². The van der Waals surface area contributed by atoms with Crippen molar-refractivity contribution in [3.05, 3.63) is 88.0 Å². The molecule has 0 heterocycles. The molecular formula is C35H40O7. The van der Waals surface area contributed by atoms with Crippen LogP contribution in [-0.2, 0) is 22.6 Å². The van der Waals surface area contributed by atoms with E-state index >= 15 is 0 Å². The summed E-state index contributed by atoms with van der Waals surface area (Å²) in [5.74, 6) is -1.24. The Bertz CT molecular complexity index is 1480. The molecule has 2 atom stereocenters. The molecule has 42 heavy (non-hydrogen) atoms. The van der Waals surface area contributed by atoms with Gasteiger partial charge in [0.25, 0.3) is 0 Å². The largest absolute Gasteiger partial charge is 0.488 e. The van der Waals surface area contributed by atoms with E-state index in [1.165, 1.54) is 6.07 Å². The van der Waals surface area contributed by atoms with Crippen molar-refractivity contribution in [3.8, 4) is 17.2 Å². The van der Waals surface area contributed by atoms with Crippen LogP contribution < -0.4 is 14.2 Å². The lowest BCUT2D eigenvalue weighted by atomic mass is 9.90. The average molecular weight is 573 g/mol. The zero-order chi connectivity index (χ0) is 31.0. The van der Waals surface area contributed by atoms with E-state index in [2.05, 4.69) is 0 Å². The van der Waals surface area contributed by atoms with Gasteiger partial charge >= 0.3 is 11.9 Å². The molecule has 0 spiro atoms. The molecular weight excluding hydrogens is 532 g/mol. The van der Waals surface area contributed by atoms with E-state index < -0.39 is 34.8 Å². The van der Waals surface area contributed by atoms with Crippen LogP contribution in [0.1, 0.15) is 85.8 Å². The number of ether oxygens (including phenoxy) is 3. The van der Waals surface area contributed by atoms with Crippen LogP contribution in [0.5, 0.6) is 17.2 Å². The summed E-state index contributed by atoms with van der Waals surface area (Å²) < 4.78 is 17.4. The summed E-state index contributed by atoms with van der Waals surface area (Å²) in [5, 5.41) is 11.4. The number of hydrogen-bond acceptors (Lipinski definition) is 7. The number of esters is 2. The molecule has 0 saturated carbocycles. The SMILES string of the molecule is Cc1cc(C(O)C2Cc3cc(OC(=O)C(C)(C)C)c(OC(=O)C(C)(C)C)cc3C2=O)cc(C)c1OCc1ccccc1. The minimum atomic E-state index is -1.08. The highest BCUT2D eigenvalue weighted by Gasteiger charge is 2.39. The summed E-state index contributed by atoms with van der Waals surface area (Å²) in [6, 6.07) is 16.6. The van der Waals surface area contributed by atoms with Gasteiger partial charge in [-0.15, -0.1) is 0 Å². The number of aliphatic hydroxyl groups is 1. The number of ketones is 1. The van der Waals surface area contributed by atoms with Crippen molar-refractivity contribution in [1.29, 1.82) is 0 Å². The molecule has 0 radical (unpaired) electrons. The molecule has 0 aromatic heterocycles. The zero-order valence-electron chi connectivity index (χ0n) is 25.7. The van der Waals surface area contributed by atoms with E-state index in [4.69, 9.17) is 14.2 Å². The first-order valence-electron chi connectivity index (χ1n) is 14.2. The second-order valence-electron chi connectivity index (χ2n) is 13.1. The highest BCUT2D eigenvalue weighted by atomic mass is 16.6. The highest BCUT2D eigenvalue weighted by Crippen LogP contribution is 2.42. The van der Waals surface area contributed by atoms with Crippen molar-refractivity contribution in [2.24, 2.45) is 16.7 Å². The van der Waals surface area contributed by atoms with Crippen LogP contribution >= 0.6 is 0 Å². The fourth-order valence-electron chi connectivity index (χ4n) is 4.79. The molecule has 1 aliphatic carbocycles. The first-order chi connectivity index (χ1) is 19.6. The maximum absolute atomic E-state index is 13.6. The first kappa shape index (κ1) is 31.0. The molecule has 0 saturated heterocycles. The van der Waals surface area contributed by atoms with Crippen LogP contribution in [0.15, 0.2) is 54.6 Å². The second kappa shape index (κ2) is 11.7. The lowest BCUT2D eigenvalue weighted by Crippen LogP contribution is -2.28. The van der Waals surface area contributed by atoms with E-state index in [1.54, 1.807) is 47.6 Å². The van der Waals surface area contributed by atoms with Crippen LogP contribution in [0.4, 0.5) is 0 Å². The van der Waals surface area contributed by atoms with Gasteiger partial charge in [-0.2, -0.15) is 0 Å². The van der Waals surface area contributed by atoms with Crippen molar-refractivity contribution in [1.82, 2.24) is 0 Å². The summed E-state index contributed by atoms with van der Waals surface area (Å²) in [5.41, 5.74) is 2.71. The Morgan fingerprint density at radius 2 is 1.38 bits per heavy atom. The number of benzene rings is 3. The Balaban J connectivity index is 1.61. The van der Waals surface area contributed by atoms with Crippen LogP contribution in [0, 0.1) is 30.6 Å². The lowest BCUT2D eigenvalue weighted by Gasteiger charge is -2.21. The normalized spacial score (nSPS) is 15.6. The molecule has 0 fully saturated rings. The van der Waals surface area contributed by atoms with Crippen molar-refractivity contribution >= 4 is 17.7 Å². The summed E-state index contributed by atoms with van der Waals surface area (Å²) in [4.78, 5) is 39.1. The third-order valence-corrected chi connectivity index (χ3v) is 7.27. The van der Waals surface area contributed by atoms with Gasteiger partial charge in [0.15, 0.2) is 17.3 Å². The summed E-state index contributed by atoms with van der Waals surface area (Å²) in [6.07, 6.45) is -0.834. The Kier molecular flexibility index (Phi) is 8.65. The smallest absolute Gasteiger partial charge is 0.316 e. The predicted molar refractivity (Wildman–Crippen MR) is 160 cm³/mol. The average Bonchev–Trinajstić information content (AvgIpc) is 3.22. The molecule has 4 rings (SSSR count). The lowest BCUT2D eigenvalue weighted by molar-refractivity contribution is -0.145. The maximum Gasteiger partial charge on any atom is 0.316 e. The van der Waals surface area contributed by atoms with E-state index in [-0.39, 0.29) is 23.7 Å². The van der Waals surface area contributed by atoms with Gasteiger partial charge in [-0.05, 0) is 114 Å². The molecule has 0 amide bonds. The third-order valence-electron chi connectivity index (χ3n) is 7.27. The fourth-order valence-corrected chi connectivity index (χ4v) is 4.79. The minimum absolute atomic E-state index is 0.00127. The molecule has 7 nitrogen and oxygen atoms in total. The van der Waals surface area contributed by atoms with Crippen LogP contribution in [0.25, 0.3) is 0 Å². The zero-order valence-corrected chi connectivity index (χ0v) is 25.7. The number of rotatable bonds is 7. The number of fused-ring (bicyclic) bond motifs is 1. The Hall–Kier alpha value is -3.97. The third kappa shape index (κ3) is 6.73. The second-order valence-corrected chi connectivity index (χ2v) is 13.1. The topological polar surface area (TPSA) is 99.1 Å². The Labute approximate surface area is 247 Å². The van der Waals surface area contributed by atoms with Crippen LogP contribution in [0.3, 0.4) is 0 Å². The predicted octanol–water partition coefficient (Wildman–Crippen LogP) is 6.87. The van der Waals surface area contributed by atoms with E-state index in [9.17, 15) is 19.5 Å². The number of Topliss-reactive ketones (excluding diaryl/α,β-unsaturated/α-hetero) is 1. The summed E-state index contributed by atoms with van der Waals surface area (Å²) in [7, 11) is 0. The van der Waals surface area contributed by atoms with Crippen molar-refractivity contribution in [3.63, 3.8) is 0 Å². The van der Waals surface area contributed by atoms with E-state index in [1.807, 2.05) is 56.3 Å². The van der Waals surface area contributed by atoms with Gasteiger partial charge in [0, 0.05) is 5.56 Å². The molecule has 7 heteroatoms. The molecule has 222 valence electrons. The van der Waals surface area contributed by atoms with Crippen molar-refractivity contribution in [2.45, 2.75) is 74.5 Å². The van der Waals surface area contributed by atoms with Gasteiger partial charge in [-0.25, -0.2) is 0 Å². The standard InChI is InChI=1S/C35H40O7/c1-20-14-24(15-21(2)31(20)40-19-22-12-10-9-11-13-22)29(36)26-16-23-17-27(41-32(38)34(3,4)5)28(18-25(23)30(26)37)42-33(39)35(6,7)8/h9-15,17-18,26,29,36H,16,19H2,1-8H3. The van der Waals surface area contributed by atoms with Gasteiger partial charge in [0.05, 0.1) is 22.9 Å². The van der Waals surface area contributed by atoms with Crippen LogP contribution in [0.2, 0.25) is 0 Å². The van der Waals surface area contributed by atoms with E-state index in [0.29, 0.717) is 23.3 Å². The van der Waals surface area contributed by atoms with Crippen molar-refractivity contribution in [2.75, 3.05) is 0 Å². The maximum atomic E-state index is 13.6. The quantitative estimate of drug-likeness (QED) is 0.244.